The van der Waals surface area contributed by atoms with Crippen molar-refractivity contribution in [3.05, 3.63) is 23.3 Å². The lowest BCUT2D eigenvalue weighted by atomic mass is 9.69. The lowest BCUT2D eigenvalue weighted by molar-refractivity contribution is -0.444. The van der Waals surface area contributed by atoms with E-state index in [0.29, 0.717) is 0 Å². The van der Waals surface area contributed by atoms with Crippen molar-refractivity contribution in [3.8, 4) is 0 Å². The van der Waals surface area contributed by atoms with Crippen molar-refractivity contribution in [2.24, 2.45) is 5.73 Å². The van der Waals surface area contributed by atoms with Gasteiger partial charge in [-0.1, -0.05) is 6.07 Å². The molecule has 0 saturated heterocycles. The highest BCUT2D eigenvalue weighted by Gasteiger charge is 2.93. The number of nitrogens with two attached hydrogens (primary N) is 1. The summed E-state index contributed by atoms with van der Waals surface area (Å²) in [6.07, 6.45) is -17.5. The van der Waals surface area contributed by atoms with Crippen LogP contribution in [0.2, 0.25) is 0 Å². The molecule has 0 bridgehead atoms. The van der Waals surface area contributed by atoms with Gasteiger partial charge in [0.1, 0.15) is 0 Å². The molecule has 0 saturated carbocycles. The SMILES string of the molecule is NCCC(=O)Nc1ccc(C(F)(F)C(F)(F)C(F)(F)C(F)(F)C(F)(F)C(F)(F)F)c(C(F)(F)C(F)(F)C(F)(F)C(F)(F)C(F)(F)C(F)(F)F)c1B(O)O. The number of anilines is 1. The van der Waals surface area contributed by atoms with E-state index in [9.17, 15) is 111 Å². The first kappa shape index (κ1) is 47.8. The van der Waals surface area contributed by atoms with Crippen LogP contribution in [0.1, 0.15) is 17.5 Å². The van der Waals surface area contributed by atoms with Crippen molar-refractivity contribution in [3.63, 3.8) is 0 Å². The molecule has 0 atom stereocenters. The summed E-state index contributed by atoms with van der Waals surface area (Å²) in [5.74, 6) is -89.7. The Morgan fingerprint density at radius 3 is 1.15 bits per heavy atom. The number of carbonyl (C=O) groups is 1. The molecule has 0 aromatic heterocycles. The van der Waals surface area contributed by atoms with Crippen LogP contribution >= 0.6 is 0 Å². The first-order valence-electron chi connectivity index (χ1n) is 12.3. The van der Waals surface area contributed by atoms with Crippen LogP contribution in [0.3, 0.4) is 0 Å². The quantitative estimate of drug-likeness (QED) is 0.120. The maximum atomic E-state index is 15.4. The summed E-state index contributed by atoms with van der Waals surface area (Å²) in [4.78, 5) is 11.8. The largest absolute Gasteiger partial charge is 0.491 e. The number of halogens is 26. The number of amides is 1. The van der Waals surface area contributed by atoms with Crippen LogP contribution < -0.4 is 16.5 Å². The average Bonchev–Trinajstić information content (AvgIpc) is 2.94. The number of benzene rings is 1. The second kappa shape index (κ2) is 13.2. The third-order valence-corrected chi connectivity index (χ3v) is 6.67. The van der Waals surface area contributed by atoms with Gasteiger partial charge in [-0.2, -0.15) is 114 Å². The molecular formula is C21H11BF26N2O3. The highest BCUT2D eigenvalue weighted by atomic mass is 19.4. The van der Waals surface area contributed by atoms with E-state index in [4.69, 9.17) is 5.73 Å². The van der Waals surface area contributed by atoms with E-state index >= 15 is 17.6 Å². The van der Waals surface area contributed by atoms with Crippen molar-refractivity contribution in [2.75, 3.05) is 11.9 Å². The number of alkyl halides is 26. The first-order valence-corrected chi connectivity index (χ1v) is 12.3. The summed E-state index contributed by atoms with van der Waals surface area (Å²) in [5.41, 5.74) is -10.2. The third-order valence-electron chi connectivity index (χ3n) is 6.67. The van der Waals surface area contributed by atoms with Crippen LogP contribution in [-0.4, -0.2) is 89.4 Å². The van der Waals surface area contributed by atoms with Crippen molar-refractivity contribution < 1.29 is 129 Å². The summed E-state index contributed by atoms with van der Waals surface area (Å²) in [5, 5.41) is 19.7. The molecule has 0 aliphatic rings. The van der Waals surface area contributed by atoms with Gasteiger partial charge in [-0.05, 0) is 6.07 Å². The predicted octanol–water partition coefficient (Wildman–Crippen LogP) is 7.04. The van der Waals surface area contributed by atoms with Crippen molar-refractivity contribution in [2.45, 2.75) is 78.0 Å². The fraction of sp³-hybridized carbons (Fsp3) is 0.667. The van der Waals surface area contributed by atoms with Crippen LogP contribution in [0.15, 0.2) is 12.1 Å². The number of hydrogen-bond acceptors (Lipinski definition) is 4. The Labute approximate surface area is 273 Å². The zero-order valence-electron chi connectivity index (χ0n) is 23.9. The highest BCUT2D eigenvalue weighted by molar-refractivity contribution is 6.61. The van der Waals surface area contributed by atoms with Gasteiger partial charge >= 0.3 is 78.7 Å². The van der Waals surface area contributed by atoms with Crippen LogP contribution in [0.25, 0.3) is 0 Å². The molecule has 0 aliphatic carbocycles. The number of carbonyl (C=O) groups excluding carboxylic acids is 1. The highest BCUT2D eigenvalue weighted by Crippen LogP contribution is 2.65. The third kappa shape index (κ3) is 6.65. The molecule has 0 aliphatic heterocycles. The van der Waals surface area contributed by atoms with Gasteiger partial charge in [-0.25, -0.2) is 0 Å². The van der Waals surface area contributed by atoms with E-state index in [2.05, 4.69) is 0 Å². The van der Waals surface area contributed by atoms with Crippen molar-refractivity contribution >= 4 is 24.2 Å². The van der Waals surface area contributed by atoms with Gasteiger partial charge in [-0.15, -0.1) is 0 Å². The minimum absolute atomic E-state index is 0.870. The molecular weight excluding hydrogens is 833 g/mol. The van der Waals surface area contributed by atoms with Gasteiger partial charge in [0, 0.05) is 35.2 Å². The fourth-order valence-electron chi connectivity index (χ4n) is 3.81. The maximum Gasteiger partial charge on any atom is 0.491 e. The summed E-state index contributed by atoms with van der Waals surface area (Å²) in [7, 11) is -4.58. The van der Waals surface area contributed by atoms with E-state index in [1.165, 1.54) is 0 Å². The lowest BCUT2D eigenvalue weighted by Crippen LogP contribution is -2.70. The van der Waals surface area contributed by atoms with E-state index in [-0.39, 0.29) is 0 Å². The van der Waals surface area contributed by atoms with Crippen molar-refractivity contribution in [1.29, 1.82) is 0 Å². The number of hydrogen-bond donors (Lipinski definition) is 4. The molecule has 308 valence electrons. The smallest absolute Gasteiger partial charge is 0.423 e. The molecule has 0 heterocycles. The second-order valence-electron chi connectivity index (χ2n) is 10.1. The van der Waals surface area contributed by atoms with Crippen LogP contribution in [0, 0.1) is 0 Å². The normalized spacial score (nSPS) is 15.5. The van der Waals surface area contributed by atoms with E-state index in [0.717, 1.165) is 5.32 Å². The van der Waals surface area contributed by atoms with Gasteiger partial charge in [0.25, 0.3) is 0 Å². The molecule has 1 aromatic rings. The Kier molecular flexibility index (Phi) is 11.9. The molecule has 0 radical (unpaired) electrons. The molecule has 32 heteroatoms. The molecule has 0 spiro atoms. The molecule has 1 rings (SSSR count). The van der Waals surface area contributed by atoms with Crippen molar-refractivity contribution in [1.82, 2.24) is 0 Å². The summed E-state index contributed by atoms with van der Waals surface area (Å²) < 4.78 is 359. The standard InChI is InChI=1S/C21H11BF26N2O3/c23-10(24,12(27,28)14(31,32)16(35,36)18(39,40)20(43,44)45)5-1-2-6(50-7(51)3-4-49)9(22(52)53)8(5)11(25,26)13(29,30)15(33,34)17(37,38)19(41,42)21(46,47)48/h1-2,52-53H,3-4,49H2,(H,50,51). The predicted molar refractivity (Wildman–Crippen MR) is 118 cm³/mol. The van der Waals surface area contributed by atoms with E-state index in [1.807, 2.05) is 0 Å². The molecule has 1 amide bonds. The Morgan fingerprint density at radius 2 is 0.849 bits per heavy atom. The van der Waals surface area contributed by atoms with Crippen LogP contribution in [-0.2, 0) is 16.6 Å². The average molecular weight is 844 g/mol. The number of nitrogens with one attached hydrogen (secondary N) is 1. The van der Waals surface area contributed by atoms with E-state index in [1.54, 1.807) is 0 Å². The molecule has 1 aromatic carbocycles. The van der Waals surface area contributed by atoms with Gasteiger partial charge < -0.3 is 21.1 Å². The Hall–Kier alpha value is -3.19. The lowest BCUT2D eigenvalue weighted by Gasteiger charge is -2.42. The zero-order valence-corrected chi connectivity index (χ0v) is 23.9. The summed E-state index contributed by atoms with van der Waals surface area (Å²) >= 11 is 0. The minimum Gasteiger partial charge on any atom is -0.423 e. The molecule has 5 N–H and O–H groups in total. The Morgan fingerprint density at radius 1 is 0.528 bits per heavy atom. The molecule has 0 unspecified atom stereocenters. The van der Waals surface area contributed by atoms with Crippen LogP contribution in [0.4, 0.5) is 120 Å². The second-order valence-corrected chi connectivity index (χ2v) is 10.1. The van der Waals surface area contributed by atoms with Gasteiger partial charge in [0.15, 0.2) is 0 Å². The Balaban J connectivity index is 4.63. The van der Waals surface area contributed by atoms with Gasteiger partial charge in [0.2, 0.25) is 5.91 Å². The van der Waals surface area contributed by atoms with Gasteiger partial charge in [0.05, 0.1) is 0 Å². The maximum absolute atomic E-state index is 15.4. The summed E-state index contributed by atoms with van der Waals surface area (Å²) in [6, 6.07) is -2.50. The molecule has 0 fully saturated rings. The Bertz CT molecular complexity index is 1520. The molecule has 53 heavy (non-hydrogen) atoms. The van der Waals surface area contributed by atoms with E-state index < -0.39 is 132 Å². The summed E-state index contributed by atoms with van der Waals surface area (Å²) in [6.45, 7) is -0.924. The fourth-order valence-corrected chi connectivity index (χ4v) is 3.81. The van der Waals surface area contributed by atoms with Gasteiger partial charge in [-0.3, -0.25) is 4.79 Å². The first-order chi connectivity index (χ1) is 22.9. The van der Waals surface area contributed by atoms with Crippen LogP contribution in [0.5, 0.6) is 0 Å². The molecule has 5 nitrogen and oxygen atoms in total. The zero-order chi connectivity index (χ0) is 43.0. The topological polar surface area (TPSA) is 95.6 Å². The monoisotopic (exact) mass is 844 g/mol. The number of rotatable bonds is 14. The minimum atomic E-state index is -9.10.